The van der Waals surface area contributed by atoms with Gasteiger partial charge >= 0.3 is 6.18 Å². The largest absolute Gasteiger partial charge is 0.416 e. The molecular formula is C13H11F3N2O2. The molecule has 1 aromatic rings. The van der Waals surface area contributed by atoms with Crippen LogP contribution in [0.4, 0.5) is 13.2 Å². The third-order valence-corrected chi connectivity index (χ3v) is 3.00. The van der Waals surface area contributed by atoms with Crippen LogP contribution in [0.5, 0.6) is 0 Å². The van der Waals surface area contributed by atoms with E-state index in [-0.39, 0.29) is 24.3 Å². The van der Waals surface area contributed by atoms with E-state index in [0.29, 0.717) is 0 Å². The summed E-state index contributed by atoms with van der Waals surface area (Å²) in [5, 5.41) is 8.92. The Morgan fingerprint density at radius 3 is 2.75 bits per heavy atom. The first-order valence-electron chi connectivity index (χ1n) is 5.90. The van der Waals surface area contributed by atoms with E-state index in [2.05, 4.69) is 4.74 Å². The van der Waals surface area contributed by atoms with Crippen molar-refractivity contribution in [3.63, 3.8) is 0 Å². The highest BCUT2D eigenvalue weighted by Gasteiger charge is 2.44. The number of benzene rings is 1. The van der Waals surface area contributed by atoms with Crippen molar-refractivity contribution in [1.29, 1.82) is 5.26 Å². The second-order valence-corrected chi connectivity index (χ2v) is 4.31. The van der Waals surface area contributed by atoms with Crippen molar-refractivity contribution in [2.45, 2.75) is 12.3 Å². The third-order valence-electron chi connectivity index (χ3n) is 3.00. The van der Waals surface area contributed by atoms with E-state index in [1.807, 2.05) is 6.07 Å². The SMILES string of the molecule is N#Cc1ccccc1C(=O)N1CCOC(C(F)(F)F)C1. The molecule has 0 N–H and O–H groups in total. The van der Waals surface area contributed by atoms with Gasteiger partial charge in [-0.2, -0.15) is 18.4 Å². The number of morpholine rings is 1. The van der Waals surface area contributed by atoms with Gasteiger partial charge in [0, 0.05) is 6.54 Å². The third kappa shape index (κ3) is 2.91. The number of nitrogens with zero attached hydrogens (tertiary/aromatic N) is 2. The van der Waals surface area contributed by atoms with Crippen molar-refractivity contribution in [1.82, 2.24) is 4.90 Å². The Morgan fingerprint density at radius 1 is 1.40 bits per heavy atom. The Kier molecular flexibility index (Phi) is 3.95. The molecule has 20 heavy (non-hydrogen) atoms. The van der Waals surface area contributed by atoms with Crippen LogP contribution in [-0.4, -0.2) is 42.8 Å². The normalized spacial score (nSPS) is 19.5. The molecule has 0 saturated carbocycles. The van der Waals surface area contributed by atoms with Gasteiger partial charge in [-0.3, -0.25) is 4.79 Å². The number of hydrogen-bond donors (Lipinski definition) is 0. The molecule has 0 aliphatic carbocycles. The van der Waals surface area contributed by atoms with Crippen molar-refractivity contribution in [3.8, 4) is 6.07 Å². The van der Waals surface area contributed by atoms with Crippen LogP contribution in [-0.2, 0) is 4.74 Å². The van der Waals surface area contributed by atoms with Crippen molar-refractivity contribution in [2.75, 3.05) is 19.7 Å². The van der Waals surface area contributed by atoms with Crippen LogP contribution in [0, 0.1) is 11.3 Å². The fourth-order valence-electron chi connectivity index (χ4n) is 1.97. The van der Waals surface area contributed by atoms with Crippen LogP contribution in [0.15, 0.2) is 24.3 Å². The van der Waals surface area contributed by atoms with Gasteiger partial charge in [-0.05, 0) is 12.1 Å². The molecule has 2 rings (SSSR count). The van der Waals surface area contributed by atoms with Gasteiger partial charge in [-0.1, -0.05) is 12.1 Å². The number of carbonyl (C=O) groups excluding carboxylic acids is 1. The topological polar surface area (TPSA) is 53.3 Å². The van der Waals surface area contributed by atoms with Crippen LogP contribution in [0.25, 0.3) is 0 Å². The molecule has 1 amide bonds. The van der Waals surface area contributed by atoms with E-state index in [1.165, 1.54) is 12.1 Å². The number of carbonyl (C=O) groups is 1. The Hall–Kier alpha value is -2.07. The smallest absolute Gasteiger partial charge is 0.365 e. The maximum atomic E-state index is 12.6. The second-order valence-electron chi connectivity index (χ2n) is 4.31. The molecule has 1 aromatic carbocycles. The number of hydrogen-bond acceptors (Lipinski definition) is 3. The van der Waals surface area contributed by atoms with Crippen molar-refractivity contribution < 1.29 is 22.7 Å². The molecule has 0 spiro atoms. The lowest BCUT2D eigenvalue weighted by Gasteiger charge is -2.34. The van der Waals surface area contributed by atoms with Crippen LogP contribution < -0.4 is 0 Å². The Labute approximate surface area is 113 Å². The fourth-order valence-corrected chi connectivity index (χ4v) is 1.97. The number of ether oxygens (including phenoxy) is 1. The number of halogens is 3. The zero-order chi connectivity index (χ0) is 14.8. The van der Waals surface area contributed by atoms with Gasteiger partial charge in [-0.25, -0.2) is 0 Å². The highest BCUT2D eigenvalue weighted by atomic mass is 19.4. The summed E-state index contributed by atoms with van der Waals surface area (Å²) in [4.78, 5) is 13.3. The summed E-state index contributed by atoms with van der Waals surface area (Å²) in [7, 11) is 0. The molecule has 0 aromatic heterocycles. The van der Waals surface area contributed by atoms with Gasteiger partial charge in [0.1, 0.15) is 0 Å². The summed E-state index contributed by atoms with van der Waals surface area (Å²) in [6.45, 7) is -0.655. The lowest BCUT2D eigenvalue weighted by atomic mass is 10.1. The first-order valence-corrected chi connectivity index (χ1v) is 5.90. The van der Waals surface area contributed by atoms with Crippen LogP contribution in [0.2, 0.25) is 0 Å². The maximum Gasteiger partial charge on any atom is 0.416 e. The molecule has 0 bridgehead atoms. The zero-order valence-corrected chi connectivity index (χ0v) is 10.4. The summed E-state index contributed by atoms with van der Waals surface area (Å²) >= 11 is 0. The minimum Gasteiger partial charge on any atom is -0.365 e. The van der Waals surface area contributed by atoms with Crippen molar-refractivity contribution in [2.24, 2.45) is 0 Å². The standard InChI is InChI=1S/C13H11F3N2O2/c14-13(15,16)11-8-18(5-6-20-11)12(19)10-4-2-1-3-9(10)7-17/h1-4,11H,5-6,8H2. The number of nitriles is 1. The lowest BCUT2D eigenvalue weighted by molar-refractivity contribution is -0.233. The Bertz CT molecular complexity index is 551. The fraction of sp³-hybridized carbons (Fsp3) is 0.385. The molecule has 1 atom stereocenters. The van der Waals surface area contributed by atoms with Gasteiger partial charge in [0.2, 0.25) is 0 Å². The molecule has 1 aliphatic heterocycles. The van der Waals surface area contributed by atoms with E-state index < -0.39 is 24.7 Å². The average Bonchev–Trinajstić information content (AvgIpc) is 2.45. The minimum absolute atomic E-state index is 0.0746. The number of amides is 1. The van der Waals surface area contributed by atoms with Crippen molar-refractivity contribution in [3.05, 3.63) is 35.4 Å². The molecule has 4 nitrogen and oxygen atoms in total. The quantitative estimate of drug-likeness (QED) is 0.792. The summed E-state index contributed by atoms with van der Waals surface area (Å²) < 4.78 is 42.5. The summed E-state index contributed by atoms with van der Waals surface area (Å²) in [6, 6.07) is 7.89. The van der Waals surface area contributed by atoms with Gasteiger partial charge in [-0.15, -0.1) is 0 Å². The van der Waals surface area contributed by atoms with E-state index in [0.717, 1.165) is 4.90 Å². The molecule has 7 heteroatoms. The van der Waals surface area contributed by atoms with Crippen LogP contribution in [0.1, 0.15) is 15.9 Å². The summed E-state index contributed by atoms with van der Waals surface area (Å²) in [5.41, 5.74) is 0.255. The molecule has 0 radical (unpaired) electrons. The van der Waals surface area contributed by atoms with E-state index in [1.54, 1.807) is 12.1 Å². The monoisotopic (exact) mass is 284 g/mol. The van der Waals surface area contributed by atoms with Crippen molar-refractivity contribution >= 4 is 5.91 Å². The van der Waals surface area contributed by atoms with E-state index >= 15 is 0 Å². The summed E-state index contributed by atoms with van der Waals surface area (Å²) in [5.74, 6) is -0.584. The molecular weight excluding hydrogens is 273 g/mol. The summed E-state index contributed by atoms with van der Waals surface area (Å²) in [6.07, 6.45) is -6.48. The number of rotatable bonds is 1. The lowest BCUT2D eigenvalue weighted by Crippen LogP contribution is -2.51. The molecule has 1 aliphatic rings. The van der Waals surface area contributed by atoms with Gasteiger partial charge in [0.05, 0.1) is 30.3 Å². The predicted octanol–water partition coefficient (Wildman–Crippen LogP) is 1.96. The van der Waals surface area contributed by atoms with Crippen LogP contribution >= 0.6 is 0 Å². The predicted molar refractivity (Wildman–Crippen MR) is 62.9 cm³/mol. The first kappa shape index (κ1) is 14.3. The zero-order valence-electron chi connectivity index (χ0n) is 10.4. The second kappa shape index (κ2) is 5.51. The molecule has 1 heterocycles. The highest BCUT2D eigenvalue weighted by molar-refractivity contribution is 5.96. The molecule has 1 unspecified atom stereocenters. The van der Waals surface area contributed by atoms with Gasteiger partial charge in [0.25, 0.3) is 5.91 Å². The maximum absolute atomic E-state index is 12.6. The Balaban J connectivity index is 2.19. The van der Waals surface area contributed by atoms with E-state index in [9.17, 15) is 18.0 Å². The average molecular weight is 284 g/mol. The number of alkyl halides is 3. The van der Waals surface area contributed by atoms with E-state index in [4.69, 9.17) is 5.26 Å². The van der Waals surface area contributed by atoms with Gasteiger partial charge in [0.15, 0.2) is 6.10 Å². The molecule has 1 saturated heterocycles. The molecule has 1 fully saturated rings. The minimum atomic E-state index is -4.51. The Morgan fingerprint density at radius 2 is 2.10 bits per heavy atom. The van der Waals surface area contributed by atoms with Gasteiger partial charge < -0.3 is 9.64 Å². The highest BCUT2D eigenvalue weighted by Crippen LogP contribution is 2.26. The first-order chi connectivity index (χ1) is 9.43. The molecule has 106 valence electrons. The van der Waals surface area contributed by atoms with Crippen LogP contribution in [0.3, 0.4) is 0 Å².